The molecule has 136 valence electrons. The zero-order valence-corrected chi connectivity index (χ0v) is 17.8. The Bertz CT molecular complexity index is 1180. The predicted molar refractivity (Wildman–Crippen MR) is 114 cm³/mol. The molecule has 0 saturated carbocycles. The molecule has 2 aliphatic rings. The summed E-state index contributed by atoms with van der Waals surface area (Å²) in [6.07, 6.45) is 3.72. The summed E-state index contributed by atoms with van der Waals surface area (Å²) in [5.74, 6) is 0. The minimum Gasteiger partial charge on any atom is -0.389 e. The number of aryl methyl sites for hydroxylation is 1. The first kappa shape index (κ1) is 17.3. The van der Waals surface area contributed by atoms with Gasteiger partial charge in [-0.2, -0.15) is 0 Å². The molecule has 0 N–H and O–H groups in total. The lowest BCUT2D eigenvalue weighted by Crippen LogP contribution is -2.50. The highest BCUT2D eigenvalue weighted by molar-refractivity contribution is 9.11. The number of thiophene rings is 2. The number of fused-ring (bicyclic) bond motifs is 2. The molecule has 5 rings (SSSR count). The molecule has 27 heavy (non-hydrogen) atoms. The fraction of sp³-hybridized carbons (Fsp3) is 0.105. The van der Waals surface area contributed by atoms with E-state index in [4.69, 9.17) is 0 Å². The Balaban J connectivity index is 1.82. The summed E-state index contributed by atoms with van der Waals surface area (Å²) >= 11 is 6.41. The summed E-state index contributed by atoms with van der Waals surface area (Å²) in [6, 6.07) is 9.46. The molecule has 8 heteroatoms. The summed E-state index contributed by atoms with van der Waals surface area (Å²) in [5.41, 5.74) is 4.04. The van der Waals surface area contributed by atoms with Gasteiger partial charge in [-0.3, -0.25) is 0 Å². The fourth-order valence-corrected chi connectivity index (χ4v) is 6.32. The van der Waals surface area contributed by atoms with Gasteiger partial charge in [-0.05, 0) is 65.0 Å². The normalized spacial score (nSPS) is 17.7. The smallest absolute Gasteiger partial charge is 0.389 e. The van der Waals surface area contributed by atoms with Crippen LogP contribution in [0.4, 0.5) is 8.63 Å². The van der Waals surface area contributed by atoms with Crippen molar-refractivity contribution in [2.75, 3.05) is 0 Å². The van der Waals surface area contributed by atoms with Gasteiger partial charge in [0, 0.05) is 34.0 Å². The van der Waals surface area contributed by atoms with Crippen LogP contribution in [-0.2, 0) is 0 Å². The Morgan fingerprint density at radius 3 is 2.59 bits per heavy atom. The van der Waals surface area contributed by atoms with Gasteiger partial charge < -0.3 is 17.6 Å². The first-order valence-electron chi connectivity index (χ1n) is 8.48. The molecule has 0 radical (unpaired) electrons. The lowest BCUT2D eigenvalue weighted by atomic mass is 9.90. The van der Waals surface area contributed by atoms with Crippen molar-refractivity contribution in [3.8, 4) is 10.6 Å². The molecule has 2 aliphatic heterocycles. The summed E-state index contributed by atoms with van der Waals surface area (Å²) in [7, 11) is 0. The monoisotopic (exact) mass is 462 g/mol. The second kappa shape index (κ2) is 5.86. The average molecular weight is 463 g/mol. The van der Waals surface area contributed by atoms with Gasteiger partial charge in [0.2, 0.25) is 0 Å². The number of rotatable bonds is 2. The zero-order valence-electron chi connectivity index (χ0n) is 14.5. The maximum absolute atomic E-state index is 16.0. The van der Waals surface area contributed by atoms with Crippen molar-refractivity contribution >= 4 is 57.4 Å². The van der Waals surface area contributed by atoms with E-state index in [2.05, 4.69) is 15.9 Å². The Labute approximate surface area is 172 Å². The summed E-state index contributed by atoms with van der Waals surface area (Å²) in [6.45, 7) is -0.216. The number of aromatic nitrogens is 1. The average Bonchev–Trinajstić information content (AvgIpc) is 3.33. The van der Waals surface area contributed by atoms with E-state index in [0.717, 1.165) is 24.7 Å². The SMILES string of the molecule is CC1=CC2=Cc3cc(C)c(-c4cccs4)n3[B-](F)(F)[N+]2=C1c1ccc(Br)s1. The van der Waals surface area contributed by atoms with Crippen molar-refractivity contribution in [1.82, 2.24) is 4.48 Å². The van der Waals surface area contributed by atoms with E-state index in [9.17, 15) is 0 Å². The van der Waals surface area contributed by atoms with Gasteiger partial charge in [0.05, 0.1) is 8.66 Å². The minimum absolute atomic E-state index is 0.555. The molecule has 0 unspecified atom stereocenters. The standard InChI is InChI=1S/C19H14BBrF2N2S2/c1-11-8-13-10-14-9-12(2)19(16-5-6-17(21)27-16)25(14)20(22,23)24(13)18(11)15-4-3-7-26-15/h3-10H,1-2H3. The van der Waals surface area contributed by atoms with Crippen LogP contribution < -0.4 is 0 Å². The Morgan fingerprint density at radius 1 is 1.11 bits per heavy atom. The van der Waals surface area contributed by atoms with Gasteiger partial charge in [-0.15, -0.1) is 22.7 Å². The molecular formula is C19H14BBrF2N2S2. The van der Waals surface area contributed by atoms with Gasteiger partial charge in [-0.1, -0.05) is 6.07 Å². The minimum atomic E-state index is -4.01. The van der Waals surface area contributed by atoms with E-state index in [0.29, 0.717) is 22.8 Å². The lowest BCUT2D eigenvalue weighted by molar-refractivity contribution is -0.360. The molecule has 3 aromatic rings. The maximum atomic E-state index is 16.0. The second-order valence-electron chi connectivity index (χ2n) is 6.76. The Morgan fingerprint density at radius 2 is 1.93 bits per heavy atom. The van der Waals surface area contributed by atoms with E-state index >= 15 is 8.63 Å². The van der Waals surface area contributed by atoms with Crippen LogP contribution >= 0.6 is 38.6 Å². The van der Waals surface area contributed by atoms with Crippen LogP contribution in [0.3, 0.4) is 0 Å². The molecule has 0 saturated heterocycles. The van der Waals surface area contributed by atoms with Crippen molar-refractivity contribution in [1.29, 1.82) is 0 Å². The van der Waals surface area contributed by atoms with Gasteiger partial charge in [0.25, 0.3) is 0 Å². The van der Waals surface area contributed by atoms with E-state index in [1.54, 1.807) is 0 Å². The van der Waals surface area contributed by atoms with Crippen molar-refractivity contribution in [3.63, 3.8) is 0 Å². The highest BCUT2D eigenvalue weighted by Gasteiger charge is 2.54. The number of halogens is 3. The molecular weight excluding hydrogens is 449 g/mol. The highest BCUT2D eigenvalue weighted by atomic mass is 79.9. The van der Waals surface area contributed by atoms with Crippen LogP contribution in [0.2, 0.25) is 0 Å². The van der Waals surface area contributed by atoms with Gasteiger partial charge in [-0.25, -0.2) is 0 Å². The van der Waals surface area contributed by atoms with Crippen LogP contribution in [0.15, 0.2) is 56.8 Å². The van der Waals surface area contributed by atoms with Gasteiger partial charge in [0.15, 0.2) is 11.4 Å². The molecule has 0 aromatic carbocycles. The second-order valence-corrected chi connectivity index (χ2v) is 10.2. The maximum Gasteiger partial charge on any atom is 0.737 e. The Hall–Kier alpha value is -1.77. The number of allylic oxidation sites excluding steroid dienone is 2. The largest absolute Gasteiger partial charge is 0.737 e. The third-order valence-electron chi connectivity index (χ3n) is 4.99. The van der Waals surface area contributed by atoms with Crippen molar-refractivity contribution < 1.29 is 13.1 Å². The third kappa shape index (κ3) is 2.43. The molecule has 0 amide bonds. The summed E-state index contributed by atoms with van der Waals surface area (Å²) in [4.78, 5) is 1.70. The number of nitrogens with zero attached hydrogens (tertiary/aromatic N) is 2. The first-order chi connectivity index (χ1) is 12.9. The van der Waals surface area contributed by atoms with Crippen LogP contribution in [0.5, 0.6) is 0 Å². The molecule has 2 nitrogen and oxygen atoms in total. The molecule has 0 bridgehead atoms. The fourth-order valence-electron chi connectivity index (χ4n) is 4.00. The van der Waals surface area contributed by atoms with E-state index in [-0.39, 0.29) is 0 Å². The van der Waals surface area contributed by atoms with Crippen LogP contribution in [0.25, 0.3) is 16.6 Å². The number of hydrogen-bond acceptors (Lipinski definition) is 2. The van der Waals surface area contributed by atoms with E-state index < -0.39 is 6.97 Å². The van der Waals surface area contributed by atoms with Crippen LogP contribution in [-0.4, -0.2) is 21.6 Å². The summed E-state index contributed by atoms with van der Waals surface area (Å²) in [5, 5.41) is 1.92. The molecule has 3 aromatic heterocycles. The van der Waals surface area contributed by atoms with Gasteiger partial charge in [0.1, 0.15) is 0 Å². The molecule has 0 aliphatic carbocycles. The van der Waals surface area contributed by atoms with Crippen molar-refractivity contribution in [2.24, 2.45) is 0 Å². The lowest BCUT2D eigenvalue weighted by Gasteiger charge is -2.30. The van der Waals surface area contributed by atoms with Gasteiger partial charge >= 0.3 is 6.97 Å². The highest BCUT2D eigenvalue weighted by Crippen LogP contribution is 2.41. The zero-order chi connectivity index (χ0) is 18.9. The summed E-state index contributed by atoms with van der Waals surface area (Å²) < 4.78 is 35.4. The predicted octanol–water partition coefficient (Wildman–Crippen LogP) is 6.39. The van der Waals surface area contributed by atoms with Crippen LogP contribution in [0.1, 0.15) is 23.1 Å². The molecule has 0 fully saturated rings. The molecule has 0 spiro atoms. The van der Waals surface area contributed by atoms with E-state index in [1.165, 1.54) is 31.6 Å². The van der Waals surface area contributed by atoms with Crippen molar-refractivity contribution in [3.05, 3.63) is 73.0 Å². The number of hydrogen-bond donors (Lipinski definition) is 0. The van der Waals surface area contributed by atoms with Crippen LogP contribution in [0, 0.1) is 6.92 Å². The third-order valence-corrected chi connectivity index (χ3v) is 7.50. The molecule has 5 heterocycles. The van der Waals surface area contributed by atoms with E-state index in [1.807, 2.05) is 61.7 Å². The quantitative estimate of drug-likeness (QED) is 0.390. The van der Waals surface area contributed by atoms with Crippen molar-refractivity contribution in [2.45, 2.75) is 13.8 Å². The molecule has 0 atom stereocenters. The first-order valence-corrected chi connectivity index (χ1v) is 11.0. The Kier molecular flexibility index (Phi) is 3.77. The topological polar surface area (TPSA) is 7.94 Å².